The van der Waals surface area contributed by atoms with Crippen LogP contribution in [0.15, 0.2) is 24.3 Å². The van der Waals surface area contributed by atoms with Crippen LogP contribution in [0.3, 0.4) is 0 Å². The topological polar surface area (TPSA) is 29.1 Å². The van der Waals surface area contributed by atoms with Gasteiger partial charge in [0.25, 0.3) is 0 Å². The molecule has 1 amide bonds. The van der Waals surface area contributed by atoms with Gasteiger partial charge in [-0.1, -0.05) is 6.07 Å². The zero-order chi connectivity index (χ0) is 30.8. The largest absolute Gasteiger partial charge is 0.416 e. The zero-order valence-electron chi connectivity index (χ0n) is 16.8. The van der Waals surface area contributed by atoms with E-state index >= 15 is 0 Å². The average Bonchev–Trinajstić information content (AvgIpc) is 2.71. The van der Waals surface area contributed by atoms with Gasteiger partial charge in [-0.25, -0.2) is 0 Å². The maximum atomic E-state index is 13.8. The fourth-order valence-corrected chi connectivity index (χ4v) is 2.41. The minimum Gasteiger partial charge on any atom is -0.321 e. The molecule has 0 saturated carbocycles. The number of hydrogen-bond acceptors (Lipinski definition) is 1. The van der Waals surface area contributed by atoms with E-state index in [9.17, 15) is 88.2 Å². The summed E-state index contributed by atoms with van der Waals surface area (Å²) in [6.07, 6.45) is -5.30. The van der Waals surface area contributed by atoms with E-state index in [4.69, 9.17) is 0 Å². The van der Waals surface area contributed by atoms with Crippen molar-refractivity contribution in [2.45, 2.75) is 53.0 Å². The smallest absolute Gasteiger partial charge is 0.321 e. The highest BCUT2D eigenvalue weighted by molar-refractivity contribution is 6.22. The Hall–Kier alpha value is -2.35. The number of rotatable bonds is 9. The van der Waals surface area contributed by atoms with Crippen LogP contribution in [0.1, 0.15) is 5.56 Å². The van der Waals surface area contributed by atoms with Crippen molar-refractivity contribution in [2.24, 2.45) is 0 Å². The lowest BCUT2D eigenvalue weighted by molar-refractivity contribution is -0.445. The van der Waals surface area contributed by atoms with Crippen LogP contribution in [0.25, 0.3) is 0 Å². The second-order valence-electron chi connectivity index (χ2n) is 7.05. The Kier molecular flexibility index (Phi) is 8.07. The van der Waals surface area contributed by atoms with Gasteiger partial charge in [0.05, 0.1) is 5.56 Å². The first-order valence-corrected chi connectivity index (χ1v) is 8.93. The number of alkyl halides is 20. The van der Waals surface area contributed by atoms with Gasteiger partial charge in [0, 0.05) is 5.69 Å². The SMILES string of the molecule is O=C(Nc1cccc(C(F)(F)F)c1)C(F)(F)C(F)(F)C(F)(F)C(F)(F)C(F)(F)C(F)(F)C(F)(F)C(F)(F)Cl. The second kappa shape index (κ2) is 9.10. The third-order valence-corrected chi connectivity index (χ3v) is 4.69. The monoisotopic (exact) mass is 623 g/mol. The number of halogens is 20. The van der Waals surface area contributed by atoms with E-state index in [1.54, 1.807) is 0 Å². The van der Waals surface area contributed by atoms with Gasteiger partial charge >= 0.3 is 58.9 Å². The molecular weight excluding hydrogens is 619 g/mol. The van der Waals surface area contributed by atoms with Crippen LogP contribution in [0.4, 0.5) is 89.1 Å². The maximum Gasteiger partial charge on any atom is 0.416 e. The minimum atomic E-state index is -8.78. The summed E-state index contributed by atoms with van der Waals surface area (Å²) in [5, 5.41) is -6.52. The molecule has 0 aliphatic rings. The summed E-state index contributed by atoms with van der Waals surface area (Å²) in [7, 11) is 0. The Bertz CT molecular complexity index is 1040. The summed E-state index contributed by atoms with van der Waals surface area (Å²) in [6.45, 7) is 0. The van der Waals surface area contributed by atoms with Crippen LogP contribution in [0.2, 0.25) is 0 Å². The Morgan fingerprint density at radius 2 is 0.947 bits per heavy atom. The highest BCUT2D eigenvalue weighted by atomic mass is 35.5. The minimum absolute atomic E-state index is 0.180. The number of carbonyl (C=O) groups excluding carboxylic acids is 1. The van der Waals surface area contributed by atoms with E-state index in [1.165, 1.54) is 0 Å². The molecule has 0 radical (unpaired) electrons. The normalized spacial score (nSPS) is 15.5. The maximum absolute atomic E-state index is 13.8. The van der Waals surface area contributed by atoms with E-state index in [-0.39, 0.29) is 18.2 Å². The third-order valence-electron chi connectivity index (χ3n) is 4.45. The Balaban J connectivity index is 3.58. The molecule has 1 aromatic rings. The lowest BCUT2D eigenvalue weighted by atomic mass is 9.89. The van der Waals surface area contributed by atoms with E-state index in [1.807, 2.05) is 0 Å². The van der Waals surface area contributed by atoms with E-state index < -0.39 is 70.2 Å². The van der Waals surface area contributed by atoms with Crippen LogP contribution >= 0.6 is 11.6 Å². The quantitative estimate of drug-likeness (QED) is 0.220. The molecule has 0 aromatic heterocycles. The summed E-state index contributed by atoms with van der Waals surface area (Å²) >= 11 is 3.38. The molecule has 0 heterocycles. The number of hydrogen-bond donors (Lipinski definition) is 1. The first-order chi connectivity index (χ1) is 16.4. The lowest BCUT2D eigenvalue weighted by Gasteiger charge is -2.42. The van der Waals surface area contributed by atoms with Crippen LogP contribution < -0.4 is 5.32 Å². The molecule has 220 valence electrons. The summed E-state index contributed by atoms with van der Waals surface area (Å²) < 4.78 is 252. The molecule has 38 heavy (non-hydrogen) atoms. The van der Waals surface area contributed by atoms with Gasteiger partial charge in [-0.05, 0) is 29.8 Å². The number of amides is 1. The molecule has 0 fully saturated rings. The van der Waals surface area contributed by atoms with Crippen molar-refractivity contribution in [3.8, 4) is 0 Å². The van der Waals surface area contributed by atoms with Crippen LogP contribution in [0.5, 0.6) is 0 Å². The number of carbonyl (C=O) groups is 1. The van der Waals surface area contributed by atoms with Gasteiger partial charge in [-0.3, -0.25) is 4.79 Å². The Labute approximate surface area is 200 Å². The van der Waals surface area contributed by atoms with Crippen LogP contribution in [-0.2, 0) is 11.0 Å². The van der Waals surface area contributed by atoms with Crippen LogP contribution in [0, 0.1) is 0 Å². The van der Waals surface area contributed by atoms with Gasteiger partial charge in [0.1, 0.15) is 0 Å². The first kappa shape index (κ1) is 33.7. The van der Waals surface area contributed by atoms with E-state index in [0.717, 1.165) is 0 Å². The van der Waals surface area contributed by atoms with E-state index in [2.05, 4.69) is 11.6 Å². The molecule has 1 N–H and O–H groups in total. The van der Waals surface area contributed by atoms with Crippen molar-refractivity contribution < 1.29 is 88.2 Å². The predicted octanol–water partition coefficient (Wildman–Crippen LogP) is 7.92. The van der Waals surface area contributed by atoms with Gasteiger partial charge in [0.15, 0.2) is 0 Å². The van der Waals surface area contributed by atoms with Crippen molar-refractivity contribution in [2.75, 3.05) is 5.32 Å². The molecule has 1 rings (SSSR count). The molecule has 2 nitrogen and oxygen atoms in total. The van der Waals surface area contributed by atoms with Gasteiger partial charge in [0.2, 0.25) is 0 Å². The summed E-state index contributed by atoms with van der Waals surface area (Å²) in [5.41, 5.74) is -3.36. The molecule has 0 atom stereocenters. The first-order valence-electron chi connectivity index (χ1n) is 8.56. The predicted molar refractivity (Wildman–Crippen MR) is 85.5 cm³/mol. The Morgan fingerprint density at radius 1 is 0.579 bits per heavy atom. The molecule has 0 aliphatic heterocycles. The molecule has 0 saturated heterocycles. The standard InChI is InChI=1S/C16H5ClF19NO/c17-16(35,36)15(33,34)14(31,32)13(29,30)12(27,28)11(25,26)10(23,24)8(18,19)7(38)37-6-3-1-2-5(4-6)9(20,21)22/h1-4H,(H,37,38). The van der Waals surface area contributed by atoms with Crippen molar-refractivity contribution >= 4 is 23.2 Å². The van der Waals surface area contributed by atoms with Crippen molar-refractivity contribution in [3.63, 3.8) is 0 Å². The lowest BCUT2D eigenvalue weighted by Crippen LogP contribution is -2.75. The number of nitrogens with one attached hydrogen (secondary N) is 1. The highest BCUT2D eigenvalue weighted by Crippen LogP contribution is 2.64. The van der Waals surface area contributed by atoms with Crippen molar-refractivity contribution in [3.05, 3.63) is 29.8 Å². The van der Waals surface area contributed by atoms with Crippen molar-refractivity contribution in [1.82, 2.24) is 0 Å². The molecular formula is C16H5ClF19NO. The molecule has 0 bridgehead atoms. The third kappa shape index (κ3) is 4.78. The molecule has 0 aliphatic carbocycles. The van der Waals surface area contributed by atoms with E-state index in [0.29, 0.717) is 11.4 Å². The number of anilines is 1. The highest BCUT2D eigenvalue weighted by Gasteiger charge is 2.95. The molecule has 1 aromatic carbocycles. The molecule has 22 heteroatoms. The zero-order valence-corrected chi connectivity index (χ0v) is 17.5. The van der Waals surface area contributed by atoms with Crippen LogP contribution in [-0.4, -0.2) is 52.7 Å². The van der Waals surface area contributed by atoms with Gasteiger partial charge in [-0.15, -0.1) is 0 Å². The molecule has 0 spiro atoms. The Morgan fingerprint density at radius 3 is 1.32 bits per heavy atom. The van der Waals surface area contributed by atoms with Gasteiger partial charge in [-0.2, -0.15) is 83.4 Å². The number of benzene rings is 1. The second-order valence-corrected chi connectivity index (χ2v) is 7.53. The van der Waals surface area contributed by atoms with Crippen molar-refractivity contribution in [1.29, 1.82) is 0 Å². The summed E-state index contributed by atoms with van der Waals surface area (Å²) in [6, 6.07) is 0.381. The average molecular weight is 624 g/mol. The summed E-state index contributed by atoms with van der Waals surface area (Å²) in [4.78, 5) is 11.4. The van der Waals surface area contributed by atoms with Gasteiger partial charge < -0.3 is 5.32 Å². The fraction of sp³-hybridized carbons (Fsp3) is 0.562. The summed E-state index contributed by atoms with van der Waals surface area (Å²) in [5.74, 6) is -62.1. The molecule has 0 unspecified atom stereocenters. The fourth-order valence-electron chi connectivity index (χ4n) is 2.29.